The molecule has 90 valence electrons. The van der Waals surface area contributed by atoms with E-state index in [2.05, 4.69) is 10.3 Å². The van der Waals surface area contributed by atoms with Crippen molar-refractivity contribution in [1.82, 2.24) is 10.3 Å². The first-order chi connectivity index (χ1) is 8.16. The van der Waals surface area contributed by atoms with Gasteiger partial charge in [0.25, 0.3) is 0 Å². The van der Waals surface area contributed by atoms with Crippen LogP contribution < -0.4 is 5.32 Å². The average Bonchev–Trinajstić information content (AvgIpc) is 2.68. The zero-order valence-electron chi connectivity index (χ0n) is 9.34. The van der Waals surface area contributed by atoms with Crippen LogP contribution in [0.2, 0.25) is 5.02 Å². The van der Waals surface area contributed by atoms with Crippen LogP contribution in [0.15, 0.2) is 23.7 Å². The quantitative estimate of drug-likeness (QED) is 0.919. The summed E-state index contributed by atoms with van der Waals surface area (Å²) < 4.78 is 13.5. The molecule has 1 aromatic heterocycles. The molecule has 2 aromatic rings. The highest BCUT2D eigenvalue weighted by Gasteiger charge is 2.04. The number of hydrogen-bond acceptors (Lipinski definition) is 3. The molecule has 1 N–H and O–H groups in total. The highest BCUT2D eigenvalue weighted by atomic mass is 35.5. The first kappa shape index (κ1) is 12.5. The zero-order valence-corrected chi connectivity index (χ0v) is 10.9. The summed E-state index contributed by atoms with van der Waals surface area (Å²) in [6.45, 7) is 3.16. The van der Waals surface area contributed by atoms with Gasteiger partial charge in [0.05, 0.1) is 11.2 Å². The van der Waals surface area contributed by atoms with Gasteiger partial charge in [-0.2, -0.15) is 0 Å². The van der Waals surface area contributed by atoms with Crippen LogP contribution in [-0.2, 0) is 13.1 Å². The molecule has 0 aliphatic rings. The van der Waals surface area contributed by atoms with E-state index in [1.54, 1.807) is 23.5 Å². The molecule has 0 atom stereocenters. The van der Waals surface area contributed by atoms with Gasteiger partial charge >= 0.3 is 0 Å². The lowest BCUT2D eigenvalue weighted by Gasteiger charge is -2.05. The maximum Gasteiger partial charge on any atom is 0.129 e. The molecular weight excluding hydrogens is 259 g/mol. The third-order valence-corrected chi connectivity index (χ3v) is 3.63. The molecular formula is C12H12ClFN2S. The van der Waals surface area contributed by atoms with Crippen molar-refractivity contribution in [2.45, 2.75) is 20.0 Å². The van der Waals surface area contributed by atoms with Gasteiger partial charge in [-0.05, 0) is 19.1 Å². The molecule has 0 amide bonds. The highest BCUT2D eigenvalue weighted by Crippen LogP contribution is 2.15. The molecule has 5 heteroatoms. The topological polar surface area (TPSA) is 24.9 Å². The summed E-state index contributed by atoms with van der Waals surface area (Å²) in [5.74, 6) is -0.272. The summed E-state index contributed by atoms with van der Waals surface area (Å²) >= 11 is 7.29. The van der Waals surface area contributed by atoms with E-state index in [0.717, 1.165) is 5.69 Å². The van der Waals surface area contributed by atoms with Crippen molar-refractivity contribution in [2.24, 2.45) is 0 Å². The van der Waals surface area contributed by atoms with Crippen molar-refractivity contribution in [3.05, 3.63) is 50.7 Å². The van der Waals surface area contributed by atoms with Crippen LogP contribution in [0.4, 0.5) is 4.39 Å². The van der Waals surface area contributed by atoms with Gasteiger partial charge < -0.3 is 5.32 Å². The summed E-state index contributed by atoms with van der Waals surface area (Å²) in [6, 6.07) is 4.72. The molecule has 0 bridgehead atoms. The Morgan fingerprint density at radius 2 is 2.24 bits per heavy atom. The Hall–Kier alpha value is -0.970. The lowest BCUT2D eigenvalue weighted by Crippen LogP contribution is -2.13. The molecule has 0 aliphatic carbocycles. The Bertz CT molecular complexity index is 513. The van der Waals surface area contributed by atoms with Gasteiger partial charge in [-0.1, -0.05) is 17.7 Å². The van der Waals surface area contributed by atoms with Crippen molar-refractivity contribution < 1.29 is 4.39 Å². The Labute approximate surface area is 108 Å². The second kappa shape index (κ2) is 5.58. The lowest BCUT2D eigenvalue weighted by molar-refractivity contribution is 0.588. The zero-order chi connectivity index (χ0) is 12.3. The molecule has 0 saturated heterocycles. The van der Waals surface area contributed by atoms with Crippen molar-refractivity contribution in [1.29, 1.82) is 0 Å². The Morgan fingerprint density at radius 1 is 1.41 bits per heavy atom. The summed E-state index contributed by atoms with van der Waals surface area (Å²) in [4.78, 5) is 5.34. The first-order valence-corrected chi connectivity index (χ1v) is 6.46. The average molecular weight is 271 g/mol. The Kier molecular flexibility index (Phi) is 4.10. The smallest absolute Gasteiger partial charge is 0.129 e. The fourth-order valence-corrected chi connectivity index (χ4v) is 2.38. The van der Waals surface area contributed by atoms with Crippen molar-refractivity contribution in [3.8, 4) is 0 Å². The molecule has 0 radical (unpaired) electrons. The maximum absolute atomic E-state index is 13.5. The van der Waals surface area contributed by atoms with E-state index in [1.165, 1.54) is 10.9 Å². The molecule has 0 spiro atoms. The van der Waals surface area contributed by atoms with Gasteiger partial charge in [-0.3, -0.25) is 0 Å². The van der Waals surface area contributed by atoms with E-state index in [9.17, 15) is 4.39 Å². The van der Waals surface area contributed by atoms with Crippen LogP contribution in [0.1, 0.15) is 16.1 Å². The standard InChI is InChI=1S/C12H12ClFN2S/c1-8-12(17-7-16-8)6-15-5-9-2-3-10(13)4-11(9)14/h2-4,7,15H,5-6H2,1H3. The number of halogens is 2. The Morgan fingerprint density at radius 3 is 2.88 bits per heavy atom. The van der Waals surface area contributed by atoms with Crippen LogP contribution in [0.25, 0.3) is 0 Å². The molecule has 0 fully saturated rings. The van der Waals surface area contributed by atoms with E-state index in [-0.39, 0.29) is 5.82 Å². The first-order valence-electron chi connectivity index (χ1n) is 5.20. The van der Waals surface area contributed by atoms with Gasteiger partial charge in [-0.15, -0.1) is 11.3 Å². The summed E-state index contributed by atoms with van der Waals surface area (Å²) in [7, 11) is 0. The van der Waals surface area contributed by atoms with Gasteiger partial charge in [-0.25, -0.2) is 9.37 Å². The van der Waals surface area contributed by atoms with E-state index < -0.39 is 0 Å². The van der Waals surface area contributed by atoms with E-state index in [1.807, 2.05) is 12.4 Å². The minimum Gasteiger partial charge on any atom is -0.308 e. The number of rotatable bonds is 4. The van der Waals surface area contributed by atoms with Gasteiger partial charge in [0, 0.05) is 28.6 Å². The van der Waals surface area contributed by atoms with E-state index >= 15 is 0 Å². The number of hydrogen-bond donors (Lipinski definition) is 1. The van der Waals surface area contributed by atoms with Crippen LogP contribution in [0, 0.1) is 12.7 Å². The third kappa shape index (κ3) is 3.25. The maximum atomic E-state index is 13.5. The summed E-state index contributed by atoms with van der Waals surface area (Å²) in [5, 5.41) is 3.61. The highest BCUT2D eigenvalue weighted by molar-refractivity contribution is 7.09. The second-order valence-electron chi connectivity index (χ2n) is 3.70. The van der Waals surface area contributed by atoms with Gasteiger partial charge in [0.1, 0.15) is 5.82 Å². The molecule has 0 unspecified atom stereocenters. The number of benzene rings is 1. The number of nitrogens with zero attached hydrogens (tertiary/aromatic N) is 1. The lowest BCUT2D eigenvalue weighted by atomic mass is 10.2. The molecule has 1 heterocycles. The van der Waals surface area contributed by atoms with Crippen molar-refractivity contribution >= 4 is 22.9 Å². The second-order valence-corrected chi connectivity index (χ2v) is 5.08. The largest absolute Gasteiger partial charge is 0.308 e. The number of aryl methyl sites for hydroxylation is 1. The van der Waals surface area contributed by atoms with Gasteiger partial charge in [0.15, 0.2) is 0 Å². The molecule has 2 rings (SSSR count). The molecule has 1 aromatic carbocycles. The molecule has 2 nitrogen and oxygen atoms in total. The predicted octanol–water partition coefficient (Wildman–Crippen LogP) is 3.53. The third-order valence-electron chi connectivity index (χ3n) is 2.46. The van der Waals surface area contributed by atoms with Crippen LogP contribution >= 0.6 is 22.9 Å². The molecule has 0 aliphatic heterocycles. The fourth-order valence-electron chi connectivity index (χ4n) is 1.47. The SMILES string of the molecule is Cc1ncsc1CNCc1ccc(Cl)cc1F. The normalized spacial score (nSPS) is 10.8. The Balaban J connectivity index is 1.92. The number of nitrogens with one attached hydrogen (secondary N) is 1. The number of aromatic nitrogens is 1. The van der Waals surface area contributed by atoms with Crippen molar-refractivity contribution in [2.75, 3.05) is 0 Å². The predicted molar refractivity (Wildman–Crippen MR) is 68.8 cm³/mol. The van der Waals surface area contributed by atoms with Gasteiger partial charge in [0.2, 0.25) is 0 Å². The number of thiazole rings is 1. The monoisotopic (exact) mass is 270 g/mol. The van der Waals surface area contributed by atoms with Crippen molar-refractivity contribution in [3.63, 3.8) is 0 Å². The summed E-state index contributed by atoms with van der Waals surface area (Å²) in [5.41, 5.74) is 3.46. The van der Waals surface area contributed by atoms with E-state index in [4.69, 9.17) is 11.6 Å². The fraction of sp³-hybridized carbons (Fsp3) is 0.250. The van der Waals surface area contributed by atoms with E-state index in [0.29, 0.717) is 23.7 Å². The minimum absolute atomic E-state index is 0.272. The van der Waals surface area contributed by atoms with Crippen LogP contribution in [-0.4, -0.2) is 4.98 Å². The summed E-state index contributed by atoms with van der Waals surface area (Å²) in [6.07, 6.45) is 0. The molecule has 17 heavy (non-hydrogen) atoms. The van der Waals surface area contributed by atoms with Crippen LogP contribution in [0.3, 0.4) is 0 Å². The minimum atomic E-state index is -0.272. The van der Waals surface area contributed by atoms with Crippen LogP contribution in [0.5, 0.6) is 0 Å². The molecule has 0 saturated carbocycles.